The van der Waals surface area contributed by atoms with Gasteiger partial charge in [-0.15, -0.1) is 0 Å². The minimum absolute atomic E-state index is 0.0794. The summed E-state index contributed by atoms with van der Waals surface area (Å²) in [7, 11) is 0. The first-order valence-electron chi connectivity index (χ1n) is 25.1. The van der Waals surface area contributed by atoms with Crippen LogP contribution in [-0.4, -0.2) is 37.2 Å². The fourth-order valence-corrected chi connectivity index (χ4v) is 6.98. The molecule has 0 fully saturated rings. The van der Waals surface area contributed by atoms with Gasteiger partial charge in [-0.3, -0.25) is 14.4 Å². The van der Waals surface area contributed by atoms with Crippen LogP contribution in [0.3, 0.4) is 0 Å². The standard InChI is InChI=1S/C53H94O6/c1-4-7-10-13-16-18-20-22-23-24-25-26-27-28-29-31-32-34-37-40-43-46-52(55)58-49-50(48-57-51(54)45-42-39-36-15-12-9-6-3)59-53(56)47-44-41-38-35-33-30-21-19-17-14-11-8-5-2/h11,14,19-22,24-25,50H,4-10,12-13,15-18,23,26-49H2,1-3H3/b14-11-,21-19-,22-20-,25-24-. The van der Waals surface area contributed by atoms with Crippen molar-refractivity contribution in [3.63, 3.8) is 0 Å². The van der Waals surface area contributed by atoms with Crippen molar-refractivity contribution in [1.82, 2.24) is 0 Å². The van der Waals surface area contributed by atoms with Gasteiger partial charge in [-0.2, -0.15) is 0 Å². The maximum absolute atomic E-state index is 12.7. The van der Waals surface area contributed by atoms with Crippen LogP contribution in [0, 0.1) is 0 Å². The molecule has 59 heavy (non-hydrogen) atoms. The second-order valence-electron chi connectivity index (χ2n) is 16.7. The average molecular weight is 827 g/mol. The van der Waals surface area contributed by atoms with Crippen molar-refractivity contribution in [2.45, 2.75) is 258 Å². The third-order valence-corrected chi connectivity index (χ3v) is 10.8. The number of carbonyl (C=O) groups excluding carboxylic acids is 3. The van der Waals surface area contributed by atoms with Gasteiger partial charge >= 0.3 is 17.9 Å². The van der Waals surface area contributed by atoms with Crippen molar-refractivity contribution in [3.8, 4) is 0 Å². The Hall–Kier alpha value is -2.63. The van der Waals surface area contributed by atoms with Crippen LogP contribution in [0.25, 0.3) is 0 Å². The molecule has 0 heterocycles. The lowest BCUT2D eigenvalue weighted by atomic mass is 10.1. The molecule has 0 rings (SSSR count). The smallest absolute Gasteiger partial charge is 0.306 e. The monoisotopic (exact) mass is 827 g/mol. The largest absolute Gasteiger partial charge is 0.462 e. The third kappa shape index (κ3) is 46.3. The molecule has 0 aliphatic rings. The maximum Gasteiger partial charge on any atom is 0.306 e. The Balaban J connectivity index is 4.22. The van der Waals surface area contributed by atoms with Gasteiger partial charge in [0.2, 0.25) is 0 Å². The number of unbranched alkanes of at least 4 members (excludes halogenated alkanes) is 26. The molecule has 0 amide bonds. The van der Waals surface area contributed by atoms with Crippen molar-refractivity contribution in [2.75, 3.05) is 13.2 Å². The predicted octanol–water partition coefficient (Wildman–Crippen LogP) is 16.3. The molecule has 0 aliphatic carbocycles. The molecule has 1 atom stereocenters. The molecule has 6 heteroatoms. The first-order chi connectivity index (χ1) is 29.0. The number of hydrogen-bond acceptors (Lipinski definition) is 6. The molecule has 0 bridgehead atoms. The zero-order valence-corrected chi connectivity index (χ0v) is 39.0. The number of esters is 3. The Morgan fingerprint density at radius 1 is 0.339 bits per heavy atom. The summed E-state index contributed by atoms with van der Waals surface area (Å²) in [5.41, 5.74) is 0. The molecule has 0 spiro atoms. The third-order valence-electron chi connectivity index (χ3n) is 10.8. The van der Waals surface area contributed by atoms with E-state index in [1.54, 1.807) is 0 Å². The van der Waals surface area contributed by atoms with Gasteiger partial charge in [-0.25, -0.2) is 0 Å². The lowest BCUT2D eigenvalue weighted by molar-refractivity contribution is -0.167. The molecule has 342 valence electrons. The van der Waals surface area contributed by atoms with E-state index in [2.05, 4.69) is 69.4 Å². The maximum atomic E-state index is 12.7. The normalized spacial score (nSPS) is 12.4. The van der Waals surface area contributed by atoms with Crippen LogP contribution in [0.2, 0.25) is 0 Å². The van der Waals surface area contributed by atoms with Crippen LogP contribution in [0.4, 0.5) is 0 Å². The van der Waals surface area contributed by atoms with Gasteiger partial charge in [0.05, 0.1) is 0 Å². The van der Waals surface area contributed by atoms with E-state index >= 15 is 0 Å². The molecule has 1 unspecified atom stereocenters. The summed E-state index contributed by atoms with van der Waals surface area (Å²) in [6.07, 6.45) is 56.8. The topological polar surface area (TPSA) is 78.9 Å². The fraction of sp³-hybridized carbons (Fsp3) is 0.792. The number of hydrogen-bond donors (Lipinski definition) is 0. The van der Waals surface area contributed by atoms with Crippen LogP contribution in [0.5, 0.6) is 0 Å². The summed E-state index contributed by atoms with van der Waals surface area (Å²) >= 11 is 0. The first-order valence-corrected chi connectivity index (χ1v) is 25.1. The van der Waals surface area contributed by atoms with Crippen LogP contribution in [0.15, 0.2) is 48.6 Å². The summed E-state index contributed by atoms with van der Waals surface area (Å²) in [5, 5.41) is 0. The summed E-state index contributed by atoms with van der Waals surface area (Å²) < 4.78 is 16.7. The number of carbonyl (C=O) groups is 3. The lowest BCUT2D eigenvalue weighted by Gasteiger charge is -2.18. The molecule has 0 aromatic carbocycles. The highest BCUT2D eigenvalue weighted by Gasteiger charge is 2.19. The van der Waals surface area contributed by atoms with Crippen molar-refractivity contribution in [3.05, 3.63) is 48.6 Å². The van der Waals surface area contributed by atoms with Crippen molar-refractivity contribution in [1.29, 1.82) is 0 Å². The van der Waals surface area contributed by atoms with Crippen molar-refractivity contribution in [2.24, 2.45) is 0 Å². The van der Waals surface area contributed by atoms with Crippen LogP contribution >= 0.6 is 0 Å². The molecular weight excluding hydrogens is 733 g/mol. The molecular formula is C53H94O6. The lowest BCUT2D eigenvalue weighted by Crippen LogP contribution is -2.30. The molecule has 0 saturated carbocycles. The quantitative estimate of drug-likeness (QED) is 0.0263. The summed E-state index contributed by atoms with van der Waals surface area (Å²) in [6, 6.07) is 0. The fourth-order valence-electron chi connectivity index (χ4n) is 6.98. The number of rotatable bonds is 45. The van der Waals surface area contributed by atoms with Gasteiger partial charge in [0.25, 0.3) is 0 Å². The minimum Gasteiger partial charge on any atom is -0.462 e. The van der Waals surface area contributed by atoms with Crippen LogP contribution < -0.4 is 0 Å². The second-order valence-corrected chi connectivity index (χ2v) is 16.7. The van der Waals surface area contributed by atoms with E-state index in [9.17, 15) is 14.4 Å². The van der Waals surface area contributed by atoms with E-state index in [0.29, 0.717) is 19.3 Å². The van der Waals surface area contributed by atoms with E-state index in [1.165, 1.54) is 116 Å². The van der Waals surface area contributed by atoms with Gasteiger partial charge in [0, 0.05) is 19.3 Å². The van der Waals surface area contributed by atoms with Crippen LogP contribution in [-0.2, 0) is 28.6 Å². The van der Waals surface area contributed by atoms with E-state index in [0.717, 1.165) is 96.3 Å². The Bertz CT molecular complexity index is 1040. The summed E-state index contributed by atoms with van der Waals surface area (Å²) in [6.45, 7) is 6.51. The summed E-state index contributed by atoms with van der Waals surface area (Å²) in [4.78, 5) is 37.7. The molecule has 0 aromatic heterocycles. The van der Waals surface area contributed by atoms with Gasteiger partial charge in [0.15, 0.2) is 6.10 Å². The molecule has 0 N–H and O–H groups in total. The zero-order chi connectivity index (χ0) is 43.0. The van der Waals surface area contributed by atoms with E-state index in [1.807, 2.05) is 0 Å². The Kier molecular flexibility index (Phi) is 45.9. The number of ether oxygens (including phenoxy) is 3. The molecule has 0 saturated heterocycles. The van der Waals surface area contributed by atoms with Crippen molar-refractivity contribution < 1.29 is 28.6 Å². The first kappa shape index (κ1) is 56.4. The van der Waals surface area contributed by atoms with E-state index in [-0.39, 0.29) is 31.1 Å². The van der Waals surface area contributed by atoms with Gasteiger partial charge in [-0.05, 0) is 77.0 Å². The molecule has 0 radical (unpaired) electrons. The summed E-state index contributed by atoms with van der Waals surface area (Å²) in [5.74, 6) is -0.901. The van der Waals surface area contributed by atoms with E-state index in [4.69, 9.17) is 14.2 Å². The minimum atomic E-state index is -0.777. The van der Waals surface area contributed by atoms with E-state index < -0.39 is 6.10 Å². The van der Waals surface area contributed by atoms with Crippen molar-refractivity contribution >= 4 is 17.9 Å². The molecule has 0 aliphatic heterocycles. The Morgan fingerprint density at radius 3 is 1.00 bits per heavy atom. The molecule has 0 aromatic rings. The SMILES string of the molecule is CCC/C=C\C/C=C\CCCCCCCC(=O)OC(COC(=O)CCCCCCCCC)COC(=O)CCCCCCCCCCC/C=C\C/C=C\CCCCCCC. The van der Waals surface area contributed by atoms with Gasteiger partial charge in [-0.1, -0.05) is 204 Å². The predicted molar refractivity (Wildman–Crippen MR) is 252 cm³/mol. The van der Waals surface area contributed by atoms with Gasteiger partial charge < -0.3 is 14.2 Å². The number of allylic oxidation sites excluding steroid dienone is 8. The highest BCUT2D eigenvalue weighted by Crippen LogP contribution is 2.14. The van der Waals surface area contributed by atoms with Gasteiger partial charge in [0.1, 0.15) is 13.2 Å². The highest BCUT2D eigenvalue weighted by atomic mass is 16.6. The average Bonchev–Trinajstić information content (AvgIpc) is 3.23. The second kappa shape index (κ2) is 48.0. The Labute approximate surface area is 365 Å². The Morgan fingerprint density at radius 2 is 0.644 bits per heavy atom. The zero-order valence-electron chi connectivity index (χ0n) is 39.0. The molecule has 6 nitrogen and oxygen atoms in total. The highest BCUT2D eigenvalue weighted by molar-refractivity contribution is 5.71. The van der Waals surface area contributed by atoms with Crippen LogP contribution in [0.1, 0.15) is 252 Å².